The van der Waals surface area contributed by atoms with Gasteiger partial charge in [-0.05, 0) is 44.5 Å². The lowest BCUT2D eigenvalue weighted by Gasteiger charge is -2.21. The van der Waals surface area contributed by atoms with Crippen LogP contribution in [0.4, 0.5) is 4.39 Å². The maximum absolute atomic E-state index is 13.1. The van der Waals surface area contributed by atoms with E-state index in [-0.39, 0.29) is 11.7 Å². The van der Waals surface area contributed by atoms with Crippen molar-refractivity contribution < 1.29 is 13.9 Å². The van der Waals surface area contributed by atoms with Crippen molar-refractivity contribution in [3.63, 3.8) is 0 Å². The average Bonchev–Trinajstić information content (AvgIpc) is 2.37. The molecule has 1 amide bonds. The van der Waals surface area contributed by atoms with Crippen LogP contribution in [0.5, 0.6) is 0 Å². The highest BCUT2D eigenvalue weighted by atomic mass is 19.1. The van der Waals surface area contributed by atoms with Gasteiger partial charge in [0.1, 0.15) is 5.82 Å². The van der Waals surface area contributed by atoms with Gasteiger partial charge in [-0.15, -0.1) is 0 Å². The van der Waals surface area contributed by atoms with Crippen molar-refractivity contribution in [3.8, 4) is 0 Å². The first-order chi connectivity index (χ1) is 8.60. The van der Waals surface area contributed by atoms with Crippen LogP contribution in [0.3, 0.4) is 0 Å². The first-order valence-electron chi connectivity index (χ1n) is 6.23. The molecule has 0 fully saturated rings. The van der Waals surface area contributed by atoms with Crippen LogP contribution in [0.25, 0.3) is 0 Å². The Labute approximate surface area is 108 Å². The predicted molar refractivity (Wildman–Crippen MR) is 69.2 cm³/mol. The molecule has 0 aliphatic rings. The minimum absolute atomic E-state index is 0.0831. The molecule has 0 spiro atoms. The van der Waals surface area contributed by atoms with E-state index in [1.807, 2.05) is 13.8 Å². The molecule has 0 aromatic heterocycles. The van der Waals surface area contributed by atoms with Gasteiger partial charge in [-0.25, -0.2) is 4.39 Å². The zero-order valence-electron chi connectivity index (χ0n) is 11.2. The summed E-state index contributed by atoms with van der Waals surface area (Å²) in [4.78, 5) is 13.9. The van der Waals surface area contributed by atoms with Gasteiger partial charge in [-0.3, -0.25) is 4.79 Å². The summed E-state index contributed by atoms with van der Waals surface area (Å²) in [6.07, 6.45) is 0. The smallest absolute Gasteiger partial charge is 0.253 e. The molecule has 0 aliphatic heterocycles. The summed E-state index contributed by atoms with van der Waals surface area (Å²) in [5.41, 5.74) is 1.01. The fraction of sp³-hybridized carbons (Fsp3) is 0.500. The van der Waals surface area contributed by atoms with Gasteiger partial charge >= 0.3 is 0 Å². The summed E-state index contributed by atoms with van der Waals surface area (Å²) in [5, 5.41) is 0. The number of likely N-dealkylation sites (N-methyl/N-ethyl adjacent to an activating group) is 1. The number of benzene rings is 1. The Morgan fingerprint density at radius 2 is 2.11 bits per heavy atom. The number of carbonyl (C=O) groups excluding carboxylic acids is 1. The minimum atomic E-state index is -0.288. The van der Waals surface area contributed by atoms with E-state index in [0.29, 0.717) is 37.4 Å². The number of nitrogens with zero attached hydrogens (tertiary/aromatic N) is 1. The van der Waals surface area contributed by atoms with Crippen LogP contribution < -0.4 is 0 Å². The molecule has 0 heterocycles. The van der Waals surface area contributed by atoms with E-state index in [0.717, 1.165) is 0 Å². The normalized spacial score (nSPS) is 10.4. The lowest BCUT2D eigenvalue weighted by molar-refractivity contribution is 0.0669. The topological polar surface area (TPSA) is 29.5 Å². The second-order valence-electron chi connectivity index (χ2n) is 4.05. The Balaban J connectivity index is 2.73. The SMILES string of the molecule is CCOCCN(CC)C(=O)c1ccc(F)c(C)c1. The molecule has 0 unspecified atom stereocenters. The van der Waals surface area contributed by atoms with Gasteiger partial charge in [0.05, 0.1) is 6.61 Å². The van der Waals surface area contributed by atoms with Crippen molar-refractivity contribution in [3.05, 3.63) is 35.1 Å². The summed E-state index contributed by atoms with van der Waals surface area (Å²) < 4.78 is 18.4. The molecular formula is C14H20FNO2. The van der Waals surface area contributed by atoms with Gasteiger partial charge in [0, 0.05) is 25.3 Å². The first kappa shape index (κ1) is 14.6. The maximum Gasteiger partial charge on any atom is 0.253 e. The Morgan fingerprint density at radius 3 is 2.67 bits per heavy atom. The molecule has 1 aromatic carbocycles. The van der Waals surface area contributed by atoms with Crippen molar-refractivity contribution in [1.82, 2.24) is 4.90 Å². The van der Waals surface area contributed by atoms with Crippen LogP contribution in [-0.2, 0) is 4.74 Å². The van der Waals surface area contributed by atoms with E-state index >= 15 is 0 Å². The molecule has 0 N–H and O–H groups in total. The molecule has 18 heavy (non-hydrogen) atoms. The van der Waals surface area contributed by atoms with E-state index in [4.69, 9.17) is 4.74 Å². The predicted octanol–water partition coefficient (Wildman–Crippen LogP) is 2.63. The van der Waals surface area contributed by atoms with Gasteiger partial charge in [-0.2, -0.15) is 0 Å². The number of halogens is 1. The zero-order chi connectivity index (χ0) is 13.5. The molecule has 3 nitrogen and oxygen atoms in total. The number of carbonyl (C=O) groups is 1. The Morgan fingerprint density at radius 1 is 1.39 bits per heavy atom. The Hall–Kier alpha value is -1.42. The number of aryl methyl sites for hydroxylation is 1. The molecule has 1 aromatic rings. The third kappa shape index (κ3) is 3.81. The van der Waals surface area contributed by atoms with E-state index in [1.54, 1.807) is 17.9 Å². The molecular weight excluding hydrogens is 233 g/mol. The molecule has 1 rings (SSSR count). The molecule has 0 radical (unpaired) electrons. The van der Waals surface area contributed by atoms with Crippen LogP contribution >= 0.6 is 0 Å². The first-order valence-corrected chi connectivity index (χ1v) is 6.23. The van der Waals surface area contributed by atoms with E-state index < -0.39 is 0 Å². The van der Waals surface area contributed by atoms with Gasteiger partial charge in [0.15, 0.2) is 0 Å². The molecule has 4 heteroatoms. The van der Waals surface area contributed by atoms with E-state index in [1.165, 1.54) is 12.1 Å². The van der Waals surface area contributed by atoms with E-state index in [9.17, 15) is 9.18 Å². The number of rotatable bonds is 6. The summed E-state index contributed by atoms with van der Waals surface area (Å²) >= 11 is 0. The molecule has 100 valence electrons. The fourth-order valence-electron chi connectivity index (χ4n) is 1.68. The largest absolute Gasteiger partial charge is 0.380 e. The van der Waals surface area contributed by atoms with Crippen LogP contribution in [0.15, 0.2) is 18.2 Å². The van der Waals surface area contributed by atoms with Crippen molar-refractivity contribution in [2.24, 2.45) is 0 Å². The van der Waals surface area contributed by atoms with E-state index in [2.05, 4.69) is 0 Å². The summed E-state index contributed by atoms with van der Waals surface area (Å²) in [5.74, 6) is -0.371. The number of ether oxygens (including phenoxy) is 1. The summed E-state index contributed by atoms with van der Waals surface area (Å²) in [6.45, 7) is 7.82. The Kier molecular flexibility index (Phi) is 5.78. The van der Waals surface area contributed by atoms with Crippen molar-refractivity contribution >= 4 is 5.91 Å². The molecule has 0 bridgehead atoms. The molecule has 0 saturated heterocycles. The standard InChI is InChI=1S/C14H20FNO2/c1-4-16(8-9-18-5-2)14(17)12-6-7-13(15)11(3)10-12/h6-7,10H,4-5,8-9H2,1-3H3. The highest BCUT2D eigenvalue weighted by Crippen LogP contribution is 2.11. The number of amides is 1. The van der Waals surface area contributed by atoms with Gasteiger partial charge in [-0.1, -0.05) is 0 Å². The zero-order valence-corrected chi connectivity index (χ0v) is 11.2. The average molecular weight is 253 g/mol. The monoisotopic (exact) mass is 253 g/mol. The van der Waals surface area contributed by atoms with Crippen molar-refractivity contribution in [2.45, 2.75) is 20.8 Å². The third-order valence-electron chi connectivity index (χ3n) is 2.78. The lowest BCUT2D eigenvalue weighted by Crippen LogP contribution is -2.33. The number of hydrogen-bond acceptors (Lipinski definition) is 2. The van der Waals surface area contributed by atoms with Gasteiger partial charge in [0.2, 0.25) is 0 Å². The maximum atomic E-state index is 13.1. The quantitative estimate of drug-likeness (QED) is 0.729. The molecule has 0 saturated carbocycles. The van der Waals surface area contributed by atoms with Crippen LogP contribution in [0.1, 0.15) is 29.8 Å². The van der Waals surface area contributed by atoms with Crippen LogP contribution in [-0.4, -0.2) is 37.1 Å². The van der Waals surface area contributed by atoms with Crippen molar-refractivity contribution in [1.29, 1.82) is 0 Å². The van der Waals surface area contributed by atoms with Crippen molar-refractivity contribution in [2.75, 3.05) is 26.3 Å². The second-order valence-corrected chi connectivity index (χ2v) is 4.05. The second kappa shape index (κ2) is 7.11. The third-order valence-corrected chi connectivity index (χ3v) is 2.78. The highest BCUT2D eigenvalue weighted by molar-refractivity contribution is 5.94. The van der Waals surface area contributed by atoms with Crippen LogP contribution in [0.2, 0.25) is 0 Å². The molecule has 0 atom stereocenters. The number of hydrogen-bond donors (Lipinski definition) is 0. The Bertz CT molecular complexity index is 407. The van der Waals surface area contributed by atoms with Gasteiger partial charge in [0.25, 0.3) is 5.91 Å². The van der Waals surface area contributed by atoms with Crippen LogP contribution in [0, 0.1) is 12.7 Å². The summed E-state index contributed by atoms with van der Waals surface area (Å²) in [7, 11) is 0. The van der Waals surface area contributed by atoms with Gasteiger partial charge < -0.3 is 9.64 Å². The highest BCUT2D eigenvalue weighted by Gasteiger charge is 2.14. The molecule has 0 aliphatic carbocycles. The fourth-order valence-corrected chi connectivity index (χ4v) is 1.68. The minimum Gasteiger partial charge on any atom is -0.380 e. The summed E-state index contributed by atoms with van der Waals surface area (Å²) in [6, 6.07) is 4.44. The lowest BCUT2D eigenvalue weighted by atomic mass is 10.1.